The van der Waals surface area contributed by atoms with E-state index in [0.29, 0.717) is 11.2 Å². The van der Waals surface area contributed by atoms with E-state index in [4.69, 9.17) is 11.5 Å². The van der Waals surface area contributed by atoms with Gasteiger partial charge in [-0.05, 0) is 24.3 Å². The Hall–Kier alpha value is -2.30. The first-order valence-electron chi connectivity index (χ1n) is 4.29. The SMILES string of the molecule is NC(=O)Oc1ccc2cc(N)ccc2n1. The highest BCUT2D eigenvalue weighted by molar-refractivity contribution is 5.82. The Morgan fingerprint density at radius 2 is 2.07 bits per heavy atom. The number of benzene rings is 1. The molecular formula is C10H9N3O2. The molecule has 1 aromatic carbocycles. The predicted octanol–water partition coefficient (Wildman–Crippen LogP) is 1.27. The lowest BCUT2D eigenvalue weighted by Gasteiger charge is -2.02. The zero-order valence-electron chi connectivity index (χ0n) is 7.81. The average Bonchev–Trinajstić information content (AvgIpc) is 2.17. The Bertz CT molecular complexity index is 525. The van der Waals surface area contributed by atoms with Crippen LogP contribution < -0.4 is 16.2 Å². The number of nitrogens with two attached hydrogens (primary N) is 2. The van der Waals surface area contributed by atoms with Crippen LogP contribution in [0.3, 0.4) is 0 Å². The zero-order chi connectivity index (χ0) is 10.8. The fourth-order valence-electron chi connectivity index (χ4n) is 1.29. The van der Waals surface area contributed by atoms with E-state index in [1.807, 2.05) is 0 Å². The first kappa shape index (κ1) is 9.26. The van der Waals surface area contributed by atoms with E-state index in [0.717, 1.165) is 5.39 Å². The average molecular weight is 203 g/mol. The molecule has 0 aliphatic rings. The van der Waals surface area contributed by atoms with Crippen LogP contribution in [0.2, 0.25) is 0 Å². The Morgan fingerprint density at radius 3 is 2.80 bits per heavy atom. The molecule has 0 radical (unpaired) electrons. The van der Waals surface area contributed by atoms with Crippen LogP contribution in [0.15, 0.2) is 30.3 Å². The summed E-state index contributed by atoms with van der Waals surface area (Å²) in [6, 6.07) is 8.59. The highest BCUT2D eigenvalue weighted by Gasteiger charge is 2.02. The lowest BCUT2D eigenvalue weighted by atomic mass is 10.2. The van der Waals surface area contributed by atoms with Gasteiger partial charge in [-0.1, -0.05) is 0 Å². The maximum Gasteiger partial charge on any atom is 0.411 e. The number of nitrogens with zero attached hydrogens (tertiary/aromatic N) is 1. The minimum absolute atomic E-state index is 0.180. The van der Waals surface area contributed by atoms with Crippen LogP contribution in [0, 0.1) is 0 Å². The quantitative estimate of drug-likeness (QED) is 0.683. The molecule has 4 N–H and O–H groups in total. The first-order valence-corrected chi connectivity index (χ1v) is 4.29. The number of hydrogen-bond acceptors (Lipinski definition) is 4. The number of ether oxygens (including phenoxy) is 1. The number of nitrogen functional groups attached to an aromatic ring is 1. The molecular weight excluding hydrogens is 194 g/mol. The number of fused-ring (bicyclic) bond motifs is 1. The van der Waals surface area contributed by atoms with Crippen molar-refractivity contribution < 1.29 is 9.53 Å². The molecule has 0 unspecified atom stereocenters. The van der Waals surface area contributed by atoms with Gasteiger partial charge in [0.25, 0.3) is 0 Å². The van der Waals surface area contributed by atoms with Crippen LogP contribution in [-0.4, -0.2) is 11.1 Å². The second kappa shape index (κ2) is 3.45. The van der Waals surface area contributed by atoms with Crippen LogP contribution >= 0.6 is 0 Å². The zero-order valence-corrected chi connectivity index (χ0v) is 7.81. The van der Waals surface area contributed by atoms with Gasteiger partial charge in [0.1, 0.15) is 0 Å². The standard InChI is InChI=1S/C10H9N3O2/c11-7-2-3-8-6(5-7)1-4-9(13-8)15-10(12)14/h1-5H,11H2,(H2,12,14). The van der Waals surface area contributed by atoms with Crippen molar-refractivity contribution in [3.8, 4) is 5.88 Å². The fourth-order valence-corrected chi connectivity index (χ4v) is 1.29. The Labute approximate surface area is 85.7 Å². The topological polar surface area (TPSA) is 91.2 Å². The highest BCUT2D eigenvalue weighted by atomic mass is 16.6. The van der Waals surface area contributed by atoms with Gasteiger partial charge in [-0.15, -0.1) is 0 Å². The van der Waals surface area contributed by atoms with Crippen molar-refractivity contribution in [2.24, 2.45) is 5.73 Å². The number of pyridine rings is 1. The van der Waals surface area contributed by atoms with Gasteiger partial charge >= 0.3 is 6.09 Å². The van der Waals surface area contributed by atoms with Crippen LogP contribution in [0.4, 0.5) is 10.5 Å². The largest absolute Gasteiger partial charge is 0.411 e. The maximum atomic E-state index is 10.5. The van der Waals surface area contributed by atoms with Crippen LogP contribution in [-0.2, 0) is 0 Å². The number of carbonyl (C=O) groups is 1. The van der Waals surface area contributed by atoms with Crippen LogP contribution in [0.25, 0.3) is 10.9 Å². The van der Waals surface area contributed by atoms with E-state index in [1.165, 1.54) is 0 Å². The maximum absolute atomic E-state index is 10.5. The van der Waals surface area contributed by atoms with Gasteiger partial charge in [-0.2, -0.15) is 0 Å². The van der Waals surface area contributed by atoms with E-state index >= 15 is 0 Å². The number of rotatable bonds is 1. The number of carbonyl (C=O) groups excluding carboxylic acids is 1. The van der Waals surface area contributed by atoms with Crippen LogP contribution in [0.1, 0.15) is 0 Å². The van der Waals surface area contributed by atoms with Crippen molar-refractivity contribution >= 4 is 22.7 Å². The fraction of sp³-hybridized carbons (Fsp3) is 0. The van der Waals surface area contributed by atoms with Gasteiger partial charge in [0, 0.05) is 17.1 Å². The summed E-state index contributed by atoms with van der Waals surface area (Å²) in [5.74, 6) is 0.180. The molecule has 0 aliphatic heterocycles. The summed E-state index contributed by atoms with van der Waals surface area (Å²) in [4.78, 5) is 14.6. The molecule has 1 heterocycles. The summed E-state index contributed by atoms with van der Waals surface area (Å²) < 4.78 is 4.65. The third-order valence-corrected chi connectivity index (χ3v) is 1.89. The first-order chi connectivity index (χ1) is 7.15. The minimum atomic E-state index is -0.878. The minimum Gasteiger partial charge on any atom is -0.399 e. The summed E-state index contributed by atoms with van der Waals surface area (Å²) in [6.45, 7) is 0. The van der Waals surface area contributed by atoms with Crippen molar-refractivity contribution in [3.05, 3.63) is 30.3 Å². The van der Waals surface area contributed by atoms with Crippen molar-refractivity contribution in [3.63, 3.8) is 0 Å². The Morgan fingerprint density at radius 1 is 1.27 bits per heavy atom. The van der Waals surface area contributed by atoms with Gasteiger partial charge in [0.2, 0.25) is 5.88 Å². The summed E-state index contributed by atoms with van der Waals surface area (Å²) in [6.07, 6.45) is -0.878. The summed E-state index contributed by atoms with van der Waals surface area (Å²) in [5, 5.41) is 0.881. The van der Waals surface area contributed by atoms with Crippen molar-refractivity contribution in [1.29, 1.82) is 0 Å². The third-order valence-electron chi connectivity index (χ3n) is 1.89. The molecule has 5 nitrogen and oxygen atoms in total. The lowest BCUT2D eigenvalue weighted by molar-refractivity contribution is 0.209. The second-order valence-electron chi connectivity index (χ2n) is 3.02. The molecule has 5 heteroatoms. The van der Waals surface area contributed by atoms with Gasteiger partial charge < -0.3 is 16.2 Å². The molecule has 2 aromatic rings. The van der Waals surface area contributed by atoms with E-state index in [2.05, 4.69) is 9.72 Å². The number of primary amides is 1. The number of aromatic nitrogens is 1. The molecule has 15 heavy (non-hydrogen) atoms. The van der Waals surface area contributed by atoms with E-state index in [9.17, 15) is 4.79 Å². The van der Waals surface area contributed by atoms with Crippen molar-refractivity contribution in [2.75, 3.05) is 5.73 Å². The second-order valence-corrected chi connectivity index (χ2v) is 3.02. The van der Waals surface area contributed by atoms with Crippen LogP contribution in [0.5, 0.6) is 5.88 Å². The van der Waals surface area contributed by atoms with Gasteiger partial charge in [0.15, 0.2) is 0 Å². The van der Waals surface area contributed by atoms with E-state index in [-0.39, 0.29) is 5.88 Å². The summed E-state index contributed by atoms with van der Waals surface area (Å²) in [7, 11) is 0. The normalized spacial score (nSPS) is 10.1. The molecule has 0 spiro atoms. The Kier molecular flexibility index (Phi) is 2.13. The van der Waals surface area contributed by atoms with E-state index < -0.39 is 6.09 Å². The molecule has 0 bridgehead atoms. The molecule has 0 saturated heterocycles. The molecule has 0 fully saturated rings. The lowest BCUT2D eigenvalue weighted by Crippen LogP contribution is -2.16. The predicted molar refractivity (Wildman–Crippen MR) is 56.4 cm³/mol. The third kappa shape index (κ3) is 1.96. The van der Waals surface area contributed by atoms with Gasteiger partial charge in [-0.25, -0.2) is 9.78 Å². The number of amides is 1. The molecule has 0 aliphatic carbocycles. The summed E-state index contributed by atoms with van der Waals surface area (Å²) >= 11 is 0. The Balaban J connectivity index is 2.47. The number of hydrogen-bond donors (Lipinski definition) is 2. The van der Waals surface area contributed by atoms with Crippen molar-refractivity contribution in [1.82, 2.24) is 4.98 Å². The smallest absolute Gasteiger partial charge is 0.399 e. The highest BCUT2D eigenvalue weighted by Crippen LogP contribution is 2.18. The number of anilines is 1. The molecule has 1 aromatic heterocycles. The van der Waals surface area contributed by atoms with E-state index in [1.54, 1.807) is 30.3 Å². The summed E-state index contributed by atoms with van der Waals surface area (Å²) in [5.41, 5.74) is 11.8. The van der Waals surface area contributed by atoms with Gasteiger partial charge in [0.05, 0.1) is 5.52 Å². The molecule has 76 valence electrons. The molecule has 1 amide bonds. The monoisotopic (exact) mass is 203 g/mol. The van der Waals surface area contributed by atoms with Crippen molar-refractivity contribution in [2.45, 2.75) is 0 Å². The molecule has 0 saturated carbocycles. The van der Waals surface area contributed by atoms with Gasteiger partial charge in [-0.3, -0.25) is 0 Å². The molecule has 2 rings (SSSR count). The molecule has 0 atom stereocenters.